The first-order chi connectivity index (χ1) is 13.8. The second kappa shape index (κ2) is 10.1. The van der Waals surface area contributed by atoms with Gasteiger partial charge in [-0.3, -0.25) is 4.79 Å². The lowest BCUT2D eigenvalue weighted by molar-refractivity contribution is 0.0947. The zero-order chi connectivity index (χ0) is 19.6. The van der Waals surface area contributed by atoms with Crippen LogP contribution in [-0.2, 0) is 0 Å². The summed E-state index contributed by atoms with van der Waals surface area (Å²) in [5.74, 6) is 1.75. The zero-order valence-electron chi connectivity index (χ0n) is 15.9. The molecule has 28 heavy (non-hydrogen) atoms. The summed E-state index contributed by atoms with van der Waals surface area (Å²) in [5, 5.41) is 6.05. The van der Waals surface area contributed by atoms with Crippen LogP contribution in [0.4, 0.5) is 11.5 Å². The molecule has 0 spiro atoms. The Morgan fingerprint density at radius 2 is 1.75 bits per heavy atom. The van der Waals surface area contributed by atoms with Gasteiger partial charge >= 0.3 is 0 Å². The second-order valence-electron chi connectivity index (χ2n) is 6.29. The summed E-state index contributed by atoms with van der Waals surface area (Å²) in [5.41, 5.74) is 1.06. The van der Waals surface area contributed by atoms with Gasteiger partial charge in [-0.2, -0.15) is 0 Å². The van der Waals surface area contributed by atoms with E-state index in [1.54, 1.807) is 6.20 Å². The molecule has 0 unspecified atom stereocenters. The summed E-state index contributed by atoms with van der Waals surface area (Å²) in [6.07, 6.45) is 6.19. The minimum absolute atomic E-state index is 0.206. The number of unbranched alkanes of at least 4 members (excludes halogenated alkanes) is 2. The zero-order valence-corrected chi connectivity index (χ0v) is 15.9. The quantitative estimate of drug-likeness (QED) is 0.518. The molecule has 6 nitrogen and oxygen atoms in total. The molecule has 0 atom stereocenters. The largest absolute Gasteiger partial charge is 0.455 e. The van der Waals surface area contributed by atoms with E-state index < -0.39 is 0 Å². The van der Waals surface area contributed by atoms with Crippen molar-refractivity contribution in [1.82, 2.24) is 15.3 Å². The van der Waals surface area contributed by atoms with Crippen LogP contribution in [0.3, 0.4) is 0 Å². The molecule has 1 aromatic heterocycles. The highest BCUT2D eigenvalue weighted by molar-refractivity contribution is 5.92. The standard InChI is InChI=1S/C22H24N4O2/c1-2-3-9-14-23-22(27)19-15-25-21(16-24-19)26-18-12-7-8-13-20(18)28-17-10-5-4-6-11-17/h4-8,10-13,15-16H,2-3,9,14H2,1H3,(H,23,27)(H,25,26). The lowest BCUT2D eigenvalue weighted by atomic mass is 10.2. The molecule has 2 N–H and O–H groups in total. The number of rotatable bonds is 9. The highest BCUT2D eigenvalue weighted by Crippen LogP contribution is 2.30. The number of carbonyl (C=O) groups is 1. The Morgan fingerprint density at radius 3 is 2.50 bits per heavy atom. The van der Waals surface area contributed by atoms with E-state index in [2.05, 4.69) is 27.5 Å². The summed E-state index contributed by atoms with van der Waals surface area (Å²) >= 11 is 0. The Morgan fingerprint density at radius 1 is 0.964 bits per heavy atom. The Hall–Kier alpha value is -3.41. The molecule has 0 radical (unpaired) electrons. The van der Waals surface area contributed by atoms with Crippen LogP contribution in [0.2, 0.25) is 0 Å². The van der Waals surface area contributed by atoms with Crippen LogP contribution in [0.25, 0.3) is 0 Å². The Bertz CT molecular complexity index is 883. The van der Waals surface area contributed by atoms with Crippen molar-refractivity contribution in [2.45, 2.75) is 26.2 Å². The number of benzene rings is 2. The fourth-order valence-corrected chi connectivity index (χ4v) is 2.59. The number of hydrogen-bond acceptors (Lipinski definition) is 5. The smallest absolute Gasteiger partial charge is 0.271 e. The lowest BCUT2D eigenvalue weighted by Crippen LogP contribution is -2.25. The number of aromatic nitrogens is 2. The van der Waals surface area contributed by atoms with Crippen LogP contribution < -0.4 is 15.4 Å². The average molecular weight is 376 g/mol. The molecule has 0 fully saturated rings. The van der Waals surface area contributed by atoms with E-state index in [9.17, 15) is 4.79 Å². The second-order valence-corrected chi connectivity index (χ2v) is 6.29. The molecule has 0 bridgehead atoms. The molecule has 1 heterocycles. The Balaban J connectivity index is 1.64. The van der Waals surface area contributed by atoms with Gasteiger partial charge in [0.1, 0.15) is 17.3 Å². The minimum Gasteiger partial charge on any atom is -0.455 e. The van der Waals surface area contributed by atoms with E-state index in [0.717, 1.165) is 30.7 Å². The van der Waals surface area contributed by atoms with Crippen LogP contribution in [0, 0.1) is 0 Å². The number of nitrogens with zero attached hydrogens (tertiary/aromatic N) is 2. The summed E-state index contributed by atoms with van der Waals surface area (Å²) in [4.78, 5) is 20.6. The summed E-state index contributed by atoms with van der Waals surface area (Å²) < 4.78 is 5.93. The molecule has 3 aromatic rings. The molecule has 2 aromatic carbocycles. The number of ether oxygens (including phenoxy) is 1. The molecule has 0 saturated carbocycles. The molecule has 1 amide bonds. The van der Waals surface area contributed by atoms with Crippen LogP contribution in [0.1, 0.15) is 36.7 Å². The van der Waals surface area contributed by atoms with Crippen molar-refractivity contribution in [3.63, 3.8) is 0 Å². The number of nitrogens with one attached hydrogen (secondary N) is 2. The first-order valence-electron chi connectivity index (χ1n) is 9.45. The third-order valence-electron chi connectivity index (χ3n) is 4.07. The fourth-order valence-electron chi connectivity index (χ4n) is 2.59. The monoisotopic (exact) mass is 376 g/mol. The number of amides is 1. The SMILES string of the molecule is CCCCCNC(=O)c1cnc(Nc2ccccc2Oc2ccccc2)cn1. The lowest BCUT2D eigenvalue weighted by Gasteiger charge is -2.12. The van der Waals surface area contributed by atoms with E-state index in [4.69, 9.17) is 4.74 Å². The van der Waals surface area contributed by atoms with Crippen molar-refractivity contribution in [2.75, 3.05) is 11.9 Å². The van der Waals surface area contributed by atoms with E-state index in [-0.39, 0.29) is 5.91 Å². The molecular formula is C22H24N4O2. The van der Waals surface area contributed by atoms with Crippen LogP contribution in [-0.4, -0.2) is 22.4 Å². The van der Waals surface area contributed by atoms with Crippen molar-refractivity contribution in [2.24, 2.45) is 0 Å². The molecule has 0 saturated heterocycles. The third kappa shape index (κ3) is 5.54. The highest BCUT2D eigenvalue weighted by atomic mass is 16.5. The fraction of sp³-hybridized carbons (Fsp3) is 0.227. The van der Waals surface area contributed by atoms with Crippen molar-refractivity contribution in [3.05, 3.63) is 72.7 Å². The van der Waals surface area contributed by atoms with E-state index in [1.165, 1.54) is 6.20 Å². The van der Waals surface area contributed by atoms with Crippen molar-refractivity contribution < 1.29 is 9.53 Å². The molecular weight excluding hydrogens is 352 g/mol. The van der Waals surface area contributed by atoms with Crippen LogP contribution >= 0.6 is 0 Å². The average Bonchev–Trinajstić information content (AvgIpc) is 2.74. The number of anilines is 2. The van der Waals surface area contributed by atoms with Crippen LogP contribution in [0.15, 0.2) is 67.0 Å². The maximum absolute atomic E-state index is 12.1. The topological polar surface area (TPSA) is 76.1 Å². The number of para-hydroxylation sites is 3. The van der Waals surface area contributed by atoms with Crippen molar-refractivity contribution >= 4 is 17.4 Å². The summed E-state index contributed by atoms with van der Waals surface area (Å²) in [6.45, 7) is 2.78. The molecule has 6 heteroatoms. The summed E-state index contributed by atoms with van der Waals surface area (Å²) in [6, 6.07) is 17.1. The molecule has 0 aliphatic carbocycles. The normalized spacial score (nSPS) is 10.3. The molecule has 0 aliphatic heterocycles. The highest BCUT2D eigenvalue weighted by Gasteiger charge is 2.09. The van der Waals surface area contributed by atoms with E-state index >= 15 is 0 Å². The van der Waals surface area contributed by atoms with Gasteiger partial charge in [0.25, 0.3) is 5.91 Å². The van der Waals surface area contributed by atoms with E-state index in [0.29, 0.717) is 23.8 Å². The number of hydrogen-bond donors (Lipinski definition) is 2. The van der Waals surface area contributed by atoms with Gasteiger partial charge in [0.15, 0.2) is 5.75 Å². The summed E-state index contributed by atoms with van der Waals surface area (Å²) in [7, 11) is 0. The van der Waals surface area contributed by atoms with Crippen molar-refractivity contribution in [1.29, 1.82) is 0 Å². The third-order valence-corrected chi connectivity index (χ3v) is 4.07. The maximum atomic E-state index is 12.1. The van der Waals surface area contributed by atoms with Gasteiger partial charge in [0.05, 0.1) is 18.1 Å². The predicted molar refractivity (Wildman–Crippen MR) is 110 cm³/mol. The molecule has 3 rings (SSSR count). The van der Waals surface area contributed by atoms with Gasteiger partial charge in [-0.15, -0.1) is 0 Å². The van der Waals surface area contributed by atoms with Gasteiger partial charge in [-0.1, -0.05) is 50.1 Å². The first-order valence-corrected chi connectivity index (χ1v) is 9.45. The first kappa shape index (κ1) is 19.4. The van der Waals surface area contributed by atoms with Crippen LogP contribution in [0.5, 0.6) is 11.5 Å². The van der Waals surface area contributed by atoms with Gasteiger partial charge in [0, 0.05) is 6.54 Å². The van der Waals surface area contributed by atoms with E-state index in [1.807, 2.05) is 54.6 Å². The maximum Gasteiger partial charge on any atom is 0.271 e. The van der Waals surface area contributed by atoms with Crippen molar-refractivity contribution in [3.8, 4) is 11.5 Å². The van der Waals surface area contributed by atoms with Gasteiger partial charge in [-0.25, -0.2) is 9.97 Å². The number of carbonyl (C=O) groups excluding carboxylic acids is 1. The van der Waals surface area contributed by atoms with Gasteiger partial charge in [0.2, 0.25) is 0 Å². The Labute approximate surface area is 165 Å². The molecule has 0 aliphatic rings. The minimum atomic E-state index is -0.206. The molecule has 144 valence electrons. The Kier molecular flexibility index (Phi) is 6.95. The van der Waals surface area contributed by atoms with Gasteiger partial charge < -0.3 is 15.4 Å². The predicted octanol–water partition coefficient (Wildman–Crippen LogP) is 4.93. The van der Waals surface area contributed by atoms with Gasteiger partial charge in [-0.05, 0) is 30.7 Å².